The molecule has 0 unspecified atom stereocenters. The van der Waals surface area contributed by atoms with Crippen LogP contribution >= 0.6 is 0 Å². The molecule has 1 fully saturated rings. The van der Waals surface area contributed by atoms with Gasteiger partial charge in [0.1, 0.15) is 11.4 Å². The molecule has 0 radical (unpaired) electrons. The highest BCUT2D eigenvalue weighted by Crippen LogP contribution is 2.34. The zero-order valence-electron chi connectivity index (χ0n) is 17.6. The monoisotopic (exact) mass is 515 g/mol. The zero-order valence-corrected chi connectivity index (χ0v) is 17.6. The number of likely N-dealkylation sites (tertiary alicyclic amines) is 1. The van der Waals surface area contributed by atoms with Crippen LogP contribution in [0.2, 0.25) is 0 Å². The number of Topliss-reactive ketones (excluding diaryl/α,β-unsaturated/α-hetero) is 1. The lowest BCUT2D eigenvalue weighted by Crippen LogP contribution is -2.34. The number of rotatable bonds is 4. The summed E-state index contributed by atoms with van der Waals surface area (Å²) in [6, 6.07) is 0. The van der Waals surface area contributed by atoms with Gasteiger partial charge in [-0.05, 0) is 30.3 Å². The van der Waals surface area contributed by atoms with E-state index in [1.54, 1.807) is 0 Å². The van der Waals surface area contributed by atoms with Crippen molar-refractivity contribution >= 4 is 29.3 Å². The second-order valence-corrected chi connectivity index (χ2v) is 7.26. The second kappa shape index (κ2) is 10.1. The van der Waals surface area contributed by atoms with Gasteiger partial charge in [0.15, 0.2) is 52.3 Å². The van der Waals surface area contributed by atoms with Crippen molar-refractivity contribution in [1.82, 2.24) is 4.90 Å². The first-order valence-corrected chi connectivity index (χ1v) is 9.40. The fourth-order valence-corrected chi connectivity index (χ4v) is 3.35. The molecule has 0 atom stereocenters. The number of carbonyl (C=O) groups is 1. The van der Waals surface area contributed by atoms with E-state index in [-0.39, 0.29) is 13.1 Å². The summed E-state index contributed by atoms with van der Waals surface area (Å²) in [6.45, 7) is -0.722. The molecule has 2 aromatic carbocycles. The standard InChI is InChI=1S/C20H9F8N7O/c1-35-4-6(2-8-10(21)14(25)18(31-33-29)15(26)11(8)22)20(36)7(5-35)3-9-12(23)16(27)19(32-34-30)17(28)13(9)24/h2-3H,4-5H2,1H3. The lowest BCUT2D eigenvalue weighted by molar-refractivity contribution is -0.113. The number of piperidine rings is 1. The van der Waals surface area contributed by atoms with E-state index in [4.69, 9.17) is 11.1 Å². The molecule has 1 aliphatic rings. The minimum absolute atomic E-state index is 0.361. The van der Waals surface area contributed by atoms with Crippen LogP contribution < -0.4 is 0 Å². The summed E-state index contributed by atoms with van der Waals surface area (Å²) in [6.07, 6.45) is 0.863. The third kappa shape index (κ3) is 4.47. The molecule has 3 rings (SSSR count). The topological polar surface area (TPSA) is 118 Å². The van der Waals surface area contributed by atoms with Crippen LogP contribution in [0.3, 0.4) is 0 Å². The van der Waals surface area contributed by atoms with E-state index in [0.29, 0.717) is 12.2 Å². The molecule has 1 saturated heterocycles. The number of azide groups is 2. The molecule has 0 amide bonds. The highest BCUT2D eigenvalue weighted by molar-refractivity contribution is 6.14. The molecular formula is C20H9F8N7O. The summed E-state index contributed by atoms with van der Waals surface area (Å²) >= 11 is 0. The summed E-state index contributed by atoms with van der Waals surface area (Å²) in [7, 11) is 1.34. The van der Waals surface area contributed by atoms with Crippen LogP contribution in [-0.2, 0) is 4.79 Å². The minimum Gasteiger partial charge on any atom is -0.298 e. The summed E-state index contributed by atoms with van der Waals surface area (Å²) in [5.74, 6) is -17.3. The number of nitrogens with zero attached hydrogens (tertiary/aromatic N) is 7. The smallest absolute Gasteiger partial charge is 0.187 e. The molecule has 0 N–H and O–H groups in total. The van der Waals surface area contributed by atoms with Gasteiger partial charge in [-0.3, -0.25) is 9.69 Å². The van der Waals surface area contributed by atoms with Crippen LogP contribution in [0.15, 0.2) is 21.4 Å². The molecule has 2 aromatic rings. The van der Waals surface area contributed by atoms with Crippen molar-refractivity contribution in [3.63, 3.8) is 0 Å². The molecule has 0 saturated carbocycles. The number of hydrogen-bond donors (Lipinski definition) is 0. The lowest BCUT2D eigenvalue weighted by atomic mass is 9.94. The molecule has 186 valence electrons. The van der Waals surface area contributed by atoms with E-state index >= 15 is 0 Å². The van der Waals surface area contributed by atoms with Crippen LogP contribution in [0.1, 0.15) is 11.1 Å². The molecule has 36 heavy (non-hydrogen) atoms. The SMILES string of the molecule is CN1CC(=Cc2c(F)c(F)c(N=[N+]=[N-])c(F)c2F)C(=O)C(=Cc2c(F)c(F)c(N=[N+]=[N-])c(F)c2F)C1. The van der Waals surface area contributed by atoms with Gasteiger partial charge < -0.3 is 0 Å². The van der Waals surface area contributed by atoms with Crippen molar-refractivity contribution in [3.05, 3.63) is 89.7 Å². The molecule has 1 aliphatic heterocycles. The van der Waals surface area contributed by atoms with Gasteiger partial charge >= 0.3 is 0 Å². The van der Waals surface area contributed by atoms with Crippen molar-refractivity contribution in [2.24, 2.45) is 10.2 Å². The maximum absolute atomic E-state index is 14.4. The van der Waals surface area contributed by atoms with Crippen molar-refractivity contribution in [1.29, 1.82) is 0 Å². The molecule has 0 aromatic heterocycles. The largest absolute Gasteiger partial charge is 0.298 e. The van der Waals surface area contributed by atoms with Crippen molar-refractivity contribution in [2.75, 3.05) is 20.1 Å². The quantitative estimate of drug-likeness (QED) is 0.113. The Morgan fingerprint density at radius 3 is 1.25 bits per heavy atom. The predicted octanol–water partition coefficient (Wildman–Crippen LogP) is 6.66. The Bertz CT molecular complexity index is 1310. The number of carbonyl (C=O) groups excluding carboxylic acids is 1. The van der Waals surface area contributed by atoms with Crippen LogP contribution in [0, 0.1) is 46.5 Å². The third-order valence-electron chi connectivity index (χ3n) is 4.94. The summed E-state index contributed by atoms with van der Waals surface area (Å²) < 4.78 is 114. The van der Waals surface area contributed by atoms with E-state index in [9.17, 15) is 39.9 Å². The highest BCUT2D eigenvalue weighted by atomic mass is 19.2. The second-order valence-electron chi connectivity index (χ2n) is 7.26. The van der Waals surface area contributed by atoms with Crippen molar-refractivity contribution in [2.45, 2.75) is 0 Å². The van der Waals surface area contributed by atoms with E-state index in [1.165, 1.54) is 11.9 Å². The van der Waals surface area contributed by atoms with Gasteiger partial charge in [-0.15, -0.1) is 0 Å². The number of halogens is 8. The van der Waals surface area contributed by atoms with Crippen molar-refractivity contribution < 1.29 is 39.9 Å². The Balaban J connectivity index is 2.18. The number of hydrogen-bond acceptors (Lipinski definition) is 4. The van der Waals surface area contributed by atoms with E-state index in [1.807, 2.05) is 0 Å². The summed E-state index contributed by atoms with van der Waals surface area (Å²) in [5, 5.41) is 5.07. The highest BCUT2D eigenvalue weighted by Gasteiger charge is 2.30. The Morgan fingerprint density at radius 1 is 0.667 bits per heavy atom. The van der Waals surface area contributed by atoms with Gasteiger partial charge in [0, 0.05) is 34.1 Å². The van der Waals surface area contributed by atoms with Crippen molar-refractivity contribution in [3.8, 4) is 0 Å². The zero-order chi connectivity index (χ0) is 26.9. The third-order valence-corrected chi connectivity index (χ3v) is 4.94. The Kier molecular flexibility index (Phi) is 7.34. The maximum atomic E-state index is 14.4. The van der Waals surface area contributed by atoms with Gasteiger partial charge in [0.05, 0.1) is 11.1 Å². The lowest BCUT2D eigenvalue weighted by Gasteiger charge is -2.26. The molecule has 0 aliphatic carbocycles. The van der Waals surface area contributed by atoms with Crippen LogP contribution in [-0.4, -0.2) is 30.8 Å². The average Bonchev–Trinajstić information content (AvgIpc) is 2.84. The summed E-state index contributed by atoms with van der Waals surface area (Å²) in [5.41, 5.74) is 9.69. The number of benzene rings is 2. The number of ketones is 1. The molecular weight excluding hydrogens is 506 g/mol. The first kappa shape index (κ1) is 26.2. The molecule has 0 bridgehead atoms. The fourth-order valence-electron chi connectivity index (χ4n) is 3.35. The van der Waals surface area contributed by atoms with Crippen LogP contribution in [0.5, 0.6) is 0 Å². The summed E-state index contributed by atoms with van der Waals surface area (Å²) in [4.78, 5) is 18.2. The molecule has 8 nitrogen and oxygen atoms in total. The molecule has 0 spiro atoms. The van der Waals surface area contributed by atoms with Gasteiger partial charge in [-0.25, -0.2) is 35.1 Å². The first-order valence-electron chi connectivity index (χ1n) is 9.40. The maximum Gasteiger partial charge on any atom is 0.187 e. The Labute approximate surface area is 195 Å². The van der Waals surface area contributed by atoms with E-state index in [2.05, 4.69) is 20.1 Å². The van der Waals surface area contributed by atoms with Gasteiger partial charge in [0.25, 0.3) is 0 Å². The van der Waals surface area contributed by atoms with Crippen LogP contribution in [0.25, 0.3) is 33.0 Å². The Hall–Kier alpha value is -4.39. The Morgan fingerprint density at radius 2 is 0.972 bits per heavy atom. The van der Waals surface area contributed by atoms with Crippen LogP contribution in [0.4, 0.5) is 46.5 Å². The normalized spacial score (nSPS) is 16.3. The molecule has 16 heteroatoms. The number of likely N-dealkylation sites (N-methyl/N-ethyl adjacent to an activating group) is 1. The predicted molar refractivity (Wildman–Crippen MR) is 109 cm³/mol. The molecule has 1 heterocycles. The minimum atomic E-state index is -2.04. The van der Waals surface area contributed by atoms with E-state index in [0.717, 1.165) is 0 Å². The van der Waals surface area contributed by atoms with Gasteiger partial charge in [-0.2, -0.15) is 0 Å². The average molecular weight is 515 g/mol. The van der Waals surface area contributed by atoms with Gasteiger partial charge in [-0.1, -0.05) is 10.2 Å². The fraction of sp³-hybridized carbons (Fsp3) is 0.150. The van der Waals surface area contributed by atoms with E-state index < -0.39 is 86.0 Å². The first-order chi connectivity index (χ1) is 16.9. The van der Waals surface area contributed by atoms with Gasteiger partial charge in [0.2, 0.25) is 0 Å².